The van der Waals surface area contributed by atoms with Crippen molar-refractivity contribution < 1.29 is 27.8 Å². The monoisotopic (exact) mass is 764 g/mol. The zero-order valence-electron chi connectivity index (χ0n) is 31.3. The number of aromatic nitrogens is 3. The van der Waals surface area contributed by atoms with Crippen LogP contribution in [0.1, 0.15) is 18.1 Å². The highest BCUT2D eigenvalue weighted by Crippen LogP contribution is 2.38. The van der Waals surface area contributed by atoms with Gasteiger partial charge >= 0.3 is 6.03 Å². The van der Waals surface area contributed by atoms with Gasteiger partial charge in [0.05, 0.1) is 12.6 Å². The first-order valence-corrected chi connectivity index (χ1v) is 19.1. The number of nitrogens with one attached hydrogen (secondary N) is 2. The molecule has 2 amide bonds. The average Bonchev–Trinajstić information content (AvgIpc) is 3.99. The number of halogens is 2. The van der Waals surface area contributed by atoms with E-state index in [-0.39, 0.29) is 43.3 Å². The lowest BCUT2D eigenvalue weighted by atomic mass is 10.0. The molecule has 14 heteroatoms. The van der Waals surface area contributed by atoms with Crippen molar-refractivity contribution in [2.75, 3.05) is 67.2 Å². The lowest BCUT2D eigenvalue weighted by molar-refractivity contribution is -0.192. The molecule has 0 aliphatic carbocycles. The van der Waals surface area contributed by atoms with Crippen LogP contribution >= 0.6 is 0 Å². The molecule has 12 nitrogen and oxygen atoms in total. The van der Waals surface area contributed by atoms with Crippen LogP contribution in [0.5, 0.6) is 5.75 Å². The summed E-state index contributed by atoms with van der Waals surface area (Å²) in [6.45, 7) is 8.24. The number of rotatable bonds is 14. The second-order valence-corrected chi connectivity index (χ2v) is 14.6. The summed E-state index contributed by atoms with van der Waals surface area (Å²) in [6.07, 6.45) is 2.35. The Kier molecular flexibility index (Phi) is 11.1. The molecule has 2 unspecified atom stereocenters. The minimum atomic E-state index is -1.51. The normalized spacial score (nSPS) is 21.7. The summed E-state index contributed by atoms with van der Waals surface area (Å²) in [6, 6.07) is 29.9. The number of hydrogen-bond acceptors (Lipinski definition) is 9. The van der Waals surface area contributed by atoms with Crippen LogP contribution < -0.4 is 30.1 Å². The van der Waals surface area contributed by atoms with Crippen LogP contribution in [-0.4, -0.2) is 85.4 Å². The Morgan fingerprint density at radius 2 is 1.62 bits per heavy atom. The Morgan fingerprint density at radius 1 is 0.929 bits per heavy atom. The van der Waals surface area contributed by atoms with Gasteiger partial charge in [-0.15, -0.1) is 0 Å². The van der Waals surface area contributed by atoms with Crippen molar-refractivity contribution in [1.82, 2.24) is 25.4 Å². The first kappa shape index (κ1) is 37.4. The number of ether oxygens (including phenoxy) is 3. The van der Waals surface area contributed by atoms with Crippen LogP contribution in [0.3, 0.4) is 0 Å². The second kappa shape index (κ2) is 16.7. The third-order valence-electron chi connectivity index (χ3n) is 10.7. The van der Waals surface area contributed by atoms with Gasteiger partial charge in [-0.05, 0) is 72.1 Å². The predicted octanol–water partition coefficient (Wildman–Crippen LogP) is 5.55. The molecular formula is C42H46F2N8O4. The topological polar surface area (TPSA) is 109 Å². The van der Waals surface area contributed by atoms with Gasteiger partial charge in [0.2, 0.25) is 5.79 Å². The third kappa shape index (κ3) is 8.47. The van der Waals surface area contributed by atoms with Crippen LogP contribution in [0.25, 0.3) is 0 Å². The summed E-state index contributed by atoms with van der Waals surface area (Å²) < 4.78 is 48.5. The first-order chi connectivity index (χ1) is 27.3. The number of carbonyl (C=O) groups excluding carboxylic acids is 1. The van der Waals surface area contributed by atoms with Gasteiger partial charge in [-0.3, -0.25) is 4.90 Å². The first-order valence-electron chi connectivity index (χ1n) is 19.1. The number of carbonyl (C=O) groups is 1. The van der Waals surface area contributed by atoms with Gasteiger partial charge in [-0.1, -0.05) is 37.3 Å². The minimum absolute atomic E-state index is 0.0329. The molecule has 1 aromatic heterocycles. The van der Waals surface area contributed by atoms with Crippen LogP contribution in [0.15, 0.2) is 110 Å². The van der Waals surface area contributed by atoms with Gasteiger partial charge in [0.1, 0.15) is 49.3 Å². The number of amides is 2. The van der Waals surface area contributed by atoms with Crippen molar-refractivity contribution in [3.8, 4) is 5.75 Å². The molecule has 3 fully saturated rings. The molecule has 0 radical (unpaired) electrons. The average molecular weight is 765 g/mol. The molecule has 3 saturated heterocycles. The molecule has 3 aliphatic rings. The molecule has 8 rings (SSSR count). The van der Waals surface area contributed by atoms with E-state index < -0.39 is 23.5 Å². The number of hydrogen-bond donors (Lipinski definition) is 2. The summed E-state index contributed by atoms with van der Waals surface area (Å²) in [5.41, 5.74) is 4.47. The molecule has 56 heavy (non-hydrogen) atoms. The van der Waals surface area contributed by atoms with Crippen molar-refractivity contribution in [2.24, 2.45) is 5.92 Å². The molecule has 4 atom stereocenters. The molecule has 292 valence electrons. The SMILES string of the molecule is CC(CNCc1ccccc1)C1CN(c2ccc(N3CCN(c4ccc(OC[C@@H]5CO[C@@](Cn6cncn6)(c6ccc(F)cc6F)O5)cc4)CC3)cc2)C(=O)N1. The largest absolute Gasteiger partial charge is 0.491 e. The van der Waals surface area contributed by atoms with Crippen LogP contribution in [-0.2, 0) is 28.4 Å². The fourth-order valence-corrected chi connectivity index (χ4v) is 7.58. The Hall–Kier alpha value is -5.57. The zero-order valence-corrected chi connectivity index (χ0v) is 31.3. The van der Waals surface area contributed by atoms with Crippen molar-refractivity contribution in [3.63, 3.8) is 0 Å². The van der Waals surface area contributed by atoms with E-state index in [0.717, 1.165) is 62.4 Å². The molecule has 3 aliphatic heterocycles. The Morgan fingerprint density at radius 3 is 2.30 bits per heavy atom. The quantitative estimate of drug-likeness (QED) is 0.151. The maximum atomic E-state index is 14.9. The molecule has 2 N–H and O–H groups in total. The van der Waals surface area contributed by atoms with E-state index in [1.807, 2.05) is 59.5 Å². The van der Waals surface area contributed by atoms with Crippen LogP contribution in [0.4, 0.5) is 30.6 Å². The smallest absolute Gasteiger partial charge is 0.322 e. The lowest BCUT2D eigenvalue weighted by Crippen LogP contribution is -2.46. The van der Waals surface area contributed by atoms with E-state index >= 15 is 0 Å². The van der Waals surface area contributed by atoms with Gasteiger partial charge in [0.25, 0.3) is 0 Å². The number of piperazine rings is 1. The number of anilines is 3. The van der Waals surface area contributed by atoms with Gasteiger partial charge in [0.15, 0.2) is 0 Å². The number of benzene rings is 4. The highest BCUT2D eigenvalue weighted by atomic mass is 19.1. The minimum Gasteiger partial charge on any atom is -0.491 e. The standard InChI is InChI=1S/C42H46F2N8O4/c1-30(22-45-23-31-5-3-2-4-6-31)40-24-52(41(53)48-40)35-10-8-33(9-11-35)49-17-19-50(20-18-49)34-12-14-36(15-13-34)54-25-37-26-55-42(56-37,27-51-29-46-28-47-51)38-16-7-32(43)21-39(38)44/h2-16,21,28-30,37,40,45H,17-20,22-27H2,1H3,(H,48,53)/t30?,37-,40?,42-/m1/s1. The lowest BCUT2D eigenvalue weighted by Gasteiger charge is -2.37. The Labute approximate surface area is 325 Å². The summed E-state index contributed by atoms with van der Waals surface area (Å²) in [5, 5.41) is 10.8. The van der Waals surface area contributed by atoms with E-state index in [1.54, 1.807) is 0 Å². The summed E-state index contributed by atoms with van der Waals surface area (Å²) >= 11 is 0. The van der Waals surface area contributed by atoms with Crippen LogP contribution in [0, 0.1) is 17.6 Å². The van der Waals surface area contributed by atoms with Gasteiger partial charge in [-0.25, -0.2) is 23.2 Å². The molecule has 5 aromatic rings. The van der Waals surface area contributed by atoms with Crippen molar-refractivity contribution in [2.45, 2.75) is 37.9 Å². The summed E-state index contributed by atoms with van der Waals surface area (Å²) in [5.74, 6) is -2.01. The Bertz CT molecular complexity index is 2050. The van der Waals surface area contributed by atoms with Crippen molar-refractivity contribution in [1.29, 1.82) is 0 Å². The highest BCUT2D eigenvalue weighted by Gasteiger charge is 2.46. The summed E-state index contributed by atoms with van der Waals surface area (Å²) in [7, 11) is 0. The van der Waals surface area contributed by atoms with Gasteiger partial charge in [-0.2, -0.15) is 5.10 Å². The van der Waals surface area contributed by atoms with Gasteiger partial charge in [0, 0.05) is 74.5 Å². The van der Waals surface area contributed by atoms with Crippen LogP contribution in [0.2, 0.25) is 0 Å². The van der Waals surface area contributed by atoms with E-state index in [2.05, 4.69) is 61.7 Å². The summed E-state index contributed by atoms with van der Waals surface area (Å²) in [4.78, 5) is 23.4. The van der Waals surface area contributed by atoms with Crippen molar-refractivity contribution in [3.05, 3.63) is 132 Å². The maximum Gasteiger partial charge on any atom is 0.322 e. The molecule has 0 spiro atoms. The molecular weight excluding hydrogens is 719 g/mol. The zero-order chi connectivity index (χ0) is 38.5. The molecule has 4 heterocycles. The molecule has 0 bridgehead atoms. The predicted molar refractivity (Wildman–Crippen MR) is 209 cm³/mol. The fraction of sp³-hybridized carbons (Fsp3) is 0.357. The number of nitrogens with zero attached hydrogens (tertiary/aromatic N) is 6. The molecule has 0 saturated carbocycles. The fourth-order valence-electron chi connectivity index (χ4n) is 7.58. The molecule has 4 aromatic carbocycles. The maximum absolute atomic E-state index is 14.9. The third-order valence-corrected chi connectivity index (χ3v) is 10.7. The second-order valence-electron chi connectivity index (χ2n) is 14.6. The van der Waals surface area contributed by atoms with E-state index in [1.165, 1.54) is 35.0 Å². The van der Waals surface area contributed by atoms with E-state index in [0.29, 0.717) is 12.3 Å². The number of urea groups is 1. The van der Waals surface area contributed by atoms with E-state index in [9.17, 15) is 13.6 Å². The Balaban J connectivity index is 0.796. The van der Waals surface area contributed by atoms with Crippen molar-refractivity contribution >= 4 is 23.1 Å². The highest BCUT2D eigenvalue weighted by molar-refractivity contribution is 5.94. The van der Waals surface area contributed by atoms with Gasteiger partial charge < -0.3 is 34.6 Å². The van der Waals surface area contributed by atoms with E-state index in [4.69, 9.17) is 14.2 Å².